The molecule has 1 unspecified atom stereocenters. The van der Waals surface area contributed by atoms with Crippen molar-refractivity contribution in [2.75, 3.05) is 6.54 Å². The Hall–Kier alpha value is -3.03. The normalized spacial score (nSPS) is 19.1. The van der Waals surface area contributed by atoms with E-state index in [1.54, 1.807) is 18.7 Å². The number of fused-ring (bicyclic) bond motifs is 2. The topological polar surface area (TPSA) is 89.9 Å². The van der Waals surface area contributed by atoms with E-state index in [1.807, 2.05) is 21.7 Å². The smallest absolute Gasteiger partial charge is 0.228 e. The summed E-state index contributed by atoms with van der Waals surface area (Å²) in [7, 11) is 0. The molecule has 5 heterocycles. The Balaban J connectivity index is 1.33. The fourth-order valence-electron chi connectivity index (χ4n) is 3.70. The van der Waals surface area contributed by atoms with Gasteiger partial charge in [0.05, 0.1) is 24.6 Å². The van der Waals surface area contributed by atoms with Gasteiger partial charge in [-0.25, -0.2) is 14.6 Å². The average molecular weight is 350 g/mol. The Morgan fingerprint density at radius 2 is 2.27 bits per heavy atom. The summed E-state index contributed by atoms with van der Waals surface area (Å²) >= 11 is 0. The van der Waals surface area contributed by atoms with Crippen LogP contribution < -0.4 is 0 Å². The van der Waals surface area contributed by atoms with E-state index in [0.29, 0.717) is 31.9 Å². The van der Waals surface area contributed by atoms with Crippen LogP contribution in [0.15, 0.2) is 35.3 Å². The van der Waals surface area contributed by atoms with E-state index in [4.69, 9.17) is 4.42 Å². The van der Waals surface area contributed by atoms with Crippen molar-refractivity contribution in [2.45, 2.75) is 32.4 Å². The van der Waals surface area contributed by atoms with Crippen LogP contribution in [0.5, 0.6) is 0 Å². The number of oxazole rings is 1. The predicted octanol–water partition coefficient (Wildman–Crippen LogP) is 1.48. The SMILES string of the molecule is O=C(C1CCc2ncnn2C1)N1CCc2oc(-c3cccnc3)nc2C1. The van der Waals surface area contributed by atoms with Gasteiger partial charge >= 0.3 is 0 Å². The monoisotopic (exact) mass is 350 g/mol. The average Bonchev–Trinajstić information content (AvgIpc) is 3.33. The minimum Gasteiger partial charge on any atom is -0.441 e. The molecule has 3 aromatic heterocycles. The van der Waals surface area contributed by atoms with Gasteiger partial charge in [0.2, 0.25) is 11.8 Å². The lowest BCUT2D eigenvalue weighted by Crippen LogP contribution is -2.42. The number of nitrogens with zero attached hydrogens (tertiary/aromatic N) is 6. The Labute approximate surface area is 149 Å². The molecule has 0 aromatic carbocycles. The van der Waals surface area contributed by atoms with Crippen LogP contribution in [0.2, 0.25) is 0 Å². The van der Waals surface area contributed by atoms with Gasteiger partial charge in [0.15, 0.2) is 0 Å². The summed E-state index contributed by atoms with van der Waals surface area (Å²) in [5, 5.41) is 4.21. The maximum atomic E-state index is 13.0. The third-order valence-electron chi connectivity index (χ3n) is 5.10. The summed E-state index contributed by atoms with van der Waals surface area (Å²) in [6.07, 6.45) is 7.32. The lowest BCUT2D eigenvalue weighted by molar-refractivity contribution is -0.137. The van der Waals surface area contributed by atoms with Crippen LogP contribution in [0.3, 0.4) is 0 Å². The van der Waals surface area contributed by atoms with Crippen molar-refractivity contribution >= 4 is 5.91 Å². The number of aryl methyl sites for hydroxylation is 1. The zero-order valence-corrected chi connectivity index (χ0v) is 14.2. The molecule has 5 rings (SSSR count). The number of hydrogen-bond acceptors (Lipinski definition) is 6. The van der Waals surface area contributed by atoms with Gasteiger partial charge in [-0.2, -0.15) is 5.10 Å². The van der Waals surface area contributed by atoms with Gasteiger partial charge in [0, 0.05) is 31.8 Å². The van der Waals surface area contributed by atoms with Crippen molar-refractivity contribution in [1.82, 2.24) is 29.6 Å². The molecular weight excluding hydrogens is 332 g/mol. The zero-order valence-electron chi connectivity index (χ0n) is 14.2. The van der Waals surface area contributed by atoms with Gasteiger partial charge < -0.3 is 9.32 Å². The molecule has 0 spiro atoms. The number of amides is 1. The first-order valence-corrected chi connectivity index (χ1v) is 8.82. The summed E-state index contributed by atoms with van der Waals surface area (Å²) in [6, 6.07) is 3.78. The Morgan fingerprint density at radius 1 is 1.31 bits per heavy atom. The van der Waals surface area contributed by atoms with Crippen molar-refractivity contribution in [3.63, 3.8) is 0 Å². The van der Waals surface area contributed by atoms with Crippen molar-refractivity contribution in [1.29, 1.82) is 0 Å². The molecule has 0 N–H and O–H groups in total. The summed E-state index contributed by atoms with van der Waals surface area (Å²) in [5.74, 6) is 2.53. The molecule has 0 bridgehead atoms. The van der Waals surface area contributed by atoms with E-state index < -0.39 is 0 Å². The quantitative estimate of drug-likeness (QED) is 0.695. The van der Waals surface area contributed by atoms with Crippen molar-refractivity contribution in [2.24, 2.45) is 5.92 Å². The van der Waals surface area contributed by atoms with E-state index in [0.717, 1.165) is 35.7 Å². The summed E-state index contributed by atoms with van der Waals surface area (Å²) in [5.41, 5.74) is 1.70. The molecule has 0 saturated heterocycles. The zero-order chi connectivity index (χ0) is 17.5. The highest BCUT2D eigenvalue weighted by molar-refractivity contribution is 5.79. The molecule has 2 aliphatic rings. The molecule has 0 fully saturated rings. The van der Waals surface area contributed by atoms with Crippen molar-refractivity contribution in [3.05, 3.63) is 48.1 Å². The minimum absolute atomic E-state index is 0.0459. The maximum Gasteiger partial charge on any atom is 0.228 e. The third kappa shape index (κ3) is 2.58. The first-order chi connectivity index (χ1) is 12.8. The van der Waals surface area contributed by atoms with Crippen LogP contribution in [0, 0.1) is 5.92 Å². The molecule has 3 aromatic rings. The predicted molar refractivity (Wildman–Crippen MR) is 90.7 cm³/mol. The van der Waals surface area contributed by atoms with E-state index in [1.165, 1.54) is 0 Å². The van der Waals surface area contributed by atoms with Crippen LogP contribution in [-0.4, -0.2) is 42.1 Å². The lowest BCUT2D eigenvalue weighted by Gasteiger charge is -2.31. The maximum absolute atomic E-state index is 13.0. The second-order valence-electron chi connectivity index (χ2n) is 6.73. The molecule has 0 saturated carbocycles. The first kappa shape index (κ1) is 15.2. The highest BCUT2D eigenvalue weighted by Crippen LogP contribution is 2.28. The number of rotatable bonds is 2. The van der Waals surface area contributed by atoms with Gasteiger partial charge in [0.25, 0.3) is 0 Å². The molecule has 8 nitrogen and oxygen atoms in total. The van der Waals surface area contributed by atoms with E-state index >= 15 is 0 Å². The second-order valence-corrected chi connectivity index (χ2v) is 6.73. The summed E-state index contributed by atoms with van der Waals surface area (Å²) in [4.78, 5) is 27.8. The van der Waals surface area contributed by atoms with E-state index in [2.05, 4.69) is 20.1 Å². The fourth-order valence-corrected chi connectivity index (χ4v) is 3.70. The van der Waals surface area contributed by atoms with Gasteiger partial charge in [-0.05, 0) is 18.6 Å². The van der Waals surface area contributed by atoms with Gasteiger partial charge in [0.1, 0.15) is 23.6 Å². The summed E-state index contributed by atoms with van der Waals surface area (Å²) < 4.78 is 7.74. The molecule has 2 aliphatic heterocycles. The standard InChI is InChI=1S/C18H18N6O2/c25-18(13-3-4-16-20-11-21-24(16)9-13)23-7-5-15-14(10-23)22-17(26-15)12-2-1-6-19-8-12/h1-2,6,8,11,13H,3-5,7,9-10H2. The number of aromatic nitrogens is 5. The van der Waals surface area contributed by atoms with E-state index in [9.17, 15) is 4.79 Å². The molecule has 26 heavy (non-hydrogen) atoms. The number of pyridine rings is 1. The molecule has 0 aliphatic carbocycles. The van der Waals surface area contributed by atoms with Gasteiger partial charge in [-0.15, -0.1) is 0 Å². The van der Waals surface area contributed by atoms with Crippen LogP contribution in [0.4, 0.5) is 0 Å². The molecule has 8 heteroatoms. The highest BCUT2D eigenvalue weighted by atomic mass is 16.4. The first-order valence-electron chi connectivity index (χ1n) is 8.82. The van der Waals surface area contributed by atoms with E-state index in [-0.39, 0.29) is 11.8 Å². The molecule has 0 radical (unpaired) electrons. The van der Waals surface area contributed by atoms with Crippen molar-refractivity contribution in [3.8, 4) is 11.5 Å². The molecule has 1 amide bonds. The highest BCUT2D eigenvalue weighted by Gasteiger charge is 2.32. The Bertz CT molecular complexity index is 948. The largest absolute Gasteiger partial charge is 0.441 e. The number of carbonyl (C=O) groups is 1. The molecule has 132 valence electrons. The Morgan fingerprint density at radius 3 is 3.15 bits per heavy atom. The second kappa shape index (κ2) is 6.05. The van der Waals surface area contributed by atoms with Crippen molar-refractivity contribution < 1.29 is 9.21 Å². The van der Waals surface area contributed by atoms with Gasteiger partial charge in [-0.3, -0.25) is 9.78 Å². The number of carbonyl (C=O) groups excluding carboxylic acids is 1. The summed E-state index contributed by atoms with van der Waals surface area (Å²) in [6.45, 7) is 1.77. The minimum atomic E-state index is -0.0459. The molecular formula is C18H18N6O2. The Kier molecular flexibility index (Phi) is 3.55. The third-order valence-corrected chi connectivity index (χ3v) is 5.10. The van der Waals surface area contributed by atoms with Crippen LogP contribution in [0.1, 0.15) is 23.7 Å². The number of hydrogen-bond donors (Lipinski definition) is 0. The lowest BCUT2D eigenvalue weighted by atomic mass is 9.97. The fraction of sp³-hybridized carbons (Fsp3) is 0.389. The van der Waals surface area contributed by atoms with Crippen LogP contribution in [-0.2, 0) is 30.7 Å². The molecule has 1 atom stereocenters. The van der Waals surface area contributed by atoms with Gasteiger partial charge in [-0.1, -0.05) is 0 Å². The van der Waals surface area contributed by atoms with Crippen LogP contribution in [0.25, 0.3) is 11.5 Å². The van der Waals surface area contributed by atoms with Crippen LogP contribution >= 0.6 is 0 Å².